The molecule has 0 radical (unpaired) electrons. The molecule has 3 atom stereocenters. The molecule has 0 unspecified atom stereocenters. The molecule has 3 N–H and O–H groups in total. The molecule has 0 spiro atoms. The molecule has 3 aromatic rings. The summed E-state index contributed by atoms with van der Waals surface area (Å²) in [5.41, 5.74) is 3.87. The Kier molecular flexibility index (Phi) is 8.29. The van der Waals surface area contributed by atoms with E-state index in [0.717, 1.165) is 29.7 Å². The summed E-state index contributed by atoms with van der Waals surface area (Å²) in [5.74, 6) is -0.559. The number of hydrogen-bond acceptors (Lipinski definition) is 6. The summed E-state index contributed by atoms with van der Waals surface area (Å²) in [5, 5.41) is 34.4. The predicted molar refractivity (Wildman–Crippen MR) is 145 cm³/mol. The second-order valence-corrected chi connectivity index (χ2v) is 9.26. The largest absolute Gasteiger partial charge is 0.390 e. The number of nitrogens with zero attached hydrogens (tertiary/aromatic N) is 3. The highest BCUT2D eigenvalue weighted by Crippen LogP contribution is 2.29. The van der Waals surface area contributed by atoms with Gasteiger partial charge in [0.25, 0.3) is 5.91 Å². The number of fused-ring (bicyclic) bond motifs is 1. The SMILES string of the molecule is CCN(CC)c1ccc2cc(-c3ccc(/C=C(\C#N)C(=O)NC[C@H]4OCC[C@@H](O)[C@@H]4O)n3C)ccc2c1. The van der Waals surface area contributed by atoms with Crippen molar-refractivity contribution in [3.8, 4) is 17.3 Å². The van der Waals surface area contributed by atoms with Crippen LogP contribution in [0.5, 0.6) is 0 Å². The van der Waals surface area contributed by atoms with Gasteiger partial charge in [-0.15, -0.1) is 0 Å². The van der Waals surface area contributed by atoms with Crippen LogP contribution in [0.15, 0.2) is 54.1 Å². The van der Waals surface area contributed by atoms with E-state index in [-0.39, 0.29) is 12.1 Å². The molecule has 2 heterocycles. The average Bonchev–Trinajstić information content (AvgIpc) is 3.27. The highest BCUT2D eigenvalue weighted by Gasteiger charge is 2.31. The first-order chi connectivity index (χ1) is 17.9. The number of hydrogen-bond donors (Lipinski definition) is 3. The molecule has 1 saturated heterocycles. The van der Waals surface area contributed by atoms with Gasteiger partial charge in [0.15, 0.2) is 0 Å². The monoisotopic (exact) mass is 502 g/mol. The van der Waals surface area contributed by atoms with Gasteiger partial charge in [-0.25, -0.2) is 0 Å². The summed E-state index contributed by atoms with van der Waals surface area (Å²) < 4.78 is 7.39. The summed E-state index contributed by atoms with van der Waals surface area (Å²) in [4.78, 5) is 15.0. The summed E-state index contributed by atoms with van der Waals surface area (Å²) in [7, 11) is 1.90. The van der Waals surface area contributed by atoms with E-state index in [2.05, 4.69) is 60.5 Å². The summed E-state index contributed by atoms with van der Waals surface area (Å²) in [6.45, 7) is 6.53. The standard InChI is InChI=1S/C29H34N4O4/c1-4-33(5-2)24-9-8-19-14-21(7-6-20(19)15-24)25-11-10-23(32(25)3)16-22(17-30)29(36)31-18-27-28(35)26(34)12-13-37-27/h6-11,14-16,26-28,34-35H,4-5,12-13,18H2,1-3H3,(H,31,36)/b22-16+/t26-,27-,28+/m1/s1. The van der Waals surface area contributed by atoms with E-state index >= 15 is 0 Å². The fourth-order valence-electron chi connectivity index (χ4n) is 4.76. The van der Waals surface area contributed by atoms with E-state index < -0.39 is 24.2 Å². The number of carbonyl (C=O) groups is 1. The summed E-state index contributed by atoms with van der Waals surface area (Å²) in [6.07, 6.45) is -0.791. The number of nitrogens with one attached hydrogen (secondary N) is 1. The lowest BCUT2D eigenvalue weighted by Gasteiger charge is -2.31. The van der Waals surface area contributed by atoms with Crippen molar-refractivity contribution >= 4 is 28.4 Å². The van der Waals surface area contributed by atoms with E-state index in [9.17, 15) is 20.3 Å². The van der Waals surface area contributed by atoms with Crippen molar-refractivity contribution in [2.45, 2.75) is 38.6 Å². The van der Waals surface area contributed by atoms with E-state index in [4.69, 9.17) is 4.74 Å². The Hall–Kier alpha value is -3.64. The Bertz CT molecular complexity index is 1340. The van der Waals surface area contributed by atoms with Gasteiger partial charge in [-0.05, 0) is 73.0 Å². The minimum atomic E-state index is -1.08. The van der Waals surface area contributed by atoms with E-state index in [1.807, 2.05) is 29.8 Å². The molecule has 1 amide bonds. The van der Waals surface area contributed by atoms with Crippen LogP contribution in [0.4, 0.5) is 5.69 Å². The molecule has 4 rings (SSSR count). The minimum Gasteiger partial charge on any atom is -0.390 e. The second-order valence-electron chi connectivity index (χ2n) is 9.26. The topological polar surface area (TPSA) is 111 Å². The summed E-state index contributed by atoms with van der Waals surface area (Å²) >= 11 is 0. The van der Waals surface area contributed by atoms with Gasteiger partial charge < -0.3 is 29.7 Å². The molecule has 0 aliphatic carbocycles. The molecular weight excluding hydrogens is 468 g/mol. The predicted octanol–water partition coefficient (Wildman–Crippen LogP) is 3.23. The number of carbonyl (C=O) groups excluding carboxylic acids is 1. The number of ether oxygens (including phenoxy) is 1. The number of aromatic nitrogens is 1. The lowest BCUT2D eigenvalue weighted by atomic mass is 10.0. The number of amides is 1. The molecule has 37 heavy (non-hydrogen) atoms. The van der Waals surface area contributed by atoms with Crippen molar-refractivity contribution in [2.75, 3.05) is 31.1 Å². The van der Waals surface area contributed by atoms with Crippen LogP contribution < -0.4 is 10.2 Å². The maximum Gasteiger partial charge on any atom is 0.262 e. The average molecular weight is 503 g/mol. The van der Waals surface area contributed by atoms with Gasteiger partial charge >= 0.3 is 0 Å². The van der Waals surface area contributed by atoms with Crippen molar-refractivity contribution in [1.82, 2.24) is 9.88 Å². The van der Waals surface area contributed by atoms with Gasteiger partial charge in [-0.2, -0.15) is 5.26 Å². The van der Waals surface area contributed by atoms with Crippen molar-refractivity contribution in [3.63, 3.8) is 0 Å². The van der Waals surface area contributed by atoms with Crippen LogP contribution in [0.3, 0.4) is 0 Å². The lowest BCUT2D eigenvalue weighted by molar-refractivity contribution is -0.136. The number of nitriles is 1. The number of benzene rings is 2. The number of rotatable bonds is 8. The lowest BCUT2D eigenvalue weighted by Crippen LogP contribution is -2.50. The number of aliphatic hydroxyl groups excluding tert-OH is 2. The van der Waals surface area contributed by atoms with Crippen LogP contribution in [0.1, 0.15) is 26.0 Å². The van der Waals surface area contributed by atoms with Crippen LogP contribution in [-0.2, 0) is 16.6 Å². The molecule has 1 aliphatic heterocycles. The molecule has 8 nitrogen and oxygen atoms in total. The van der Waals surface area contributed by atoms with Gasteiger partial charge in [0.2, 0.25) is 0 Å². The molecule has 1 aliphatic rings. The van der Waals surface area contributed by atoms with Crippen molar-refractivity contribution < 1.29 is 19.7 Å². The van der Waals surface area contributed by atoms with Gasteiger partial charge in [-0.3, -0.25) is 4.79 Å². The maximum absolute atomic E-state index is 12.6. The Morgan fingerprint density at radius 2 is 1.89 bits per heavy atom. The highest BCUT2D eigenvalue weighted by molar-refractivity contribution is 6.01. The third kappa shape index (κ3) is 5.70. The Balaban J connectivity index is 1.51. The van der Waals surface area contributed by atoms with Crippen LogP contribution in [-0.4, -0.2) is 65.2 Å². The second kappa shape index (κ2) is 11.6. The molecule has 0 bridgehead atoms. The quantitative estimate of drug-likeness (QED) is 0.322. The first-order valence-electron chi connectivity index (χ1n) is 12.7. The smallest absolute Gasteiger partial charge is 0.262 e. The molecule has 194 valence electrons. The van der Waals surface area contributed by atoms with Gasteiger partial charge in [-0.1, -0.05) is 18.2 Å². The molecule has 1 aromatic heterocycles. The fourth-order valence-corrected chi connectivity index (χ4v) is 4.76. The van der Waals surface area contributed by atoms with E-state index in [0.29, 0.717) is 18.7 Å². The summed E-state index contributed by atoms with van der Waals surface area (Å²) in [6, 6.07) is 18.6. The molecule has 8 heteroatoms. The molecule has 0 saturated carbocycles. The van der Waals surface area contributed by atoms with Crippen LogP contribution in [0, 0.1) is 11.3 Å². The Morgan fingerprint density at radius 3 is 2.62 bits per heavy atom. The number of anilines is 1. The molecular formula is C29H34N4O4. The van der Waals surface area contributed by atoms with Gasteiger partial charge in [0.1, 0.15) is 23.9 Å². The van der Waals surface area contributed by atoms with Crippen LogP contribution in [0.25, 0.3) is 28.1 Å². The van der Waals surface area contributed by atoms with E-state index in [1.165, 1.54) is 11.1 Å². The normalized spacial score (nSPS) is 20.0. The maximum atomic E-state index is 12.6. The first-order valence-corrected chi connectivity index (χ1v) is 12.7. The zero-order chi connectivity index (χ0) is 26.5. The molecule has 2 aromatic carbocycles. The van der Waals surface area contributed by atoms with Crippen LogP contribution in [0.2, 0.25) is 0 Å². The van der Waals surface area contributed by atoms with Crippen molar-refractivity contribution in [2.24, 2.45) is 7.05 Å². The first kappa shape index (κ1) is 26.4. The Morgan fingerprint density at radius 1 is 1.16 bits per heavy atom. The van der Waals surface area contributed by atoms with Crippen LogP contribution >= 0.6 is 0 Å². The van der Waals surface area contributed by atoms with Gasteiger partial charge in [0.05, 0.1) is 6.10 Å². The van der Waals surface area contributed by atoms with Crippen molar-refractivity contribution in [3.05, 3.63) is 59.8 Å². The third-order valence-corrected chi connectivity index (χ3v) is 7.05. The molecule has 1 fully saturated rings. The van der Waals surface area contributed by atoms with Crippen molar-refractivity contribution in [1.29, 1.82) is 5.26 Å². The minimum absolute atomic E-state index is 0.00153. The third-order valence-electron chi connectivity index (χ3n) is 7.05. The zero-order valence-electron chi connectivity index (χ0n) is 21.5. The van der Waals surface area contributed by atoms with Gasteiger partial charge in [0, 0.05) is 50.4 Å². The highest BCUT2D eigenvalue weighted by atomic mass is 16.5. The Labute approximate surface area is 217 Å². The zero-order valence-corrected chi connectivity index (χ0v) is 21.5. The number of aliphatic hydroxyl groups is 2. The van der Waals surface area contributed by atoms with E-state index in [1.54, 1.807) is 6.08 Å². The fraction of sp³-hybridized carbons (Fsp3) is 0.379.